The highest BCUT2D eigenvalue weighted by Crippen LogP contribution is 2.31. The molecule has 13 heavy (non-hydrogen) atoms. The molecule has 4 nitrogen and oxygen atoms in total. The van der Waals surface area contributed by atoms with Crippen LogP contribution >= 0.6 is 11.8 Å². The Morgan fingerprint density at radius 1 is 1.77 bits per heavy atom. The van der Waals surface area contributed by atoms with Gasteiger partial charge in [0.2, 0.25) is 0 Å². The van der Waals surface area contributed by atoms with Crippen LogP contribution in [0.2, 0.25) is 0 Å². The number of hydrogen-bond acceptors (Lipinski definition) is 5. The van der Waals surface area contributed by atoms with Crippen LogP contribution in [0.5, 0.6) is 0 Å². The van der Waals surface area contributed by atoms with Gasteiger partial charge in [0, 0.05) is 6.20 Å². The summed E-state index contributed by atoms with van der Waals surface area (Å²) in [6.07, 6.45) is 1.52. The smallest absolute Gasteiger partial charge is 0.339 e. The summed E-state index contributed by atoms with van der Waals surface area (Å²) in [6.45, 7) is 0. The summed E-state index contributed by atoms with van der Waals surface area (Å²) in [5.74, 6) is 1.31. The highest BCUT2D eigenvalue weighted by Gasteiger charge is 2.15. The second kappa shape index (κ2) is 3.26. The van der Waals surface area contributed by atoms with Gasteiger partial charge >= 0.3 is 5.97 Å². The van der Waals surface area contributed by atoms with Crippen molar-refractivity contribution >= 4 is 23.5 Å². The van der Waals surface area contributed by atoms with Gasteiger partial charge in [0.1, 0.15) is 5.82 Å². The van der Waals surface area contributed by atoms with E-state index in [0.717, 1.165) is 16.6 Å². The molecule has 68 valence electrons. The number of fused-ring (bicyclic) bond motifs is 1. The summed E-state index contributed by atoms with van der Waals surface area (Å²) in [6, 6.07) is 1.79. The Bertz CT molecular complexity index is 354. The first-order valence-electron chi connectivity index (χ1n) is 3.76. The number of rotatable bonds is 1. The van der Waals surface area contributed by atoms with E-state index in [9.17, 15) is 4.79 Å². The fourth-order valence-electron chi connectivity index (χ4n) is 1.10. The molecular formula is C8H8N2O2S. The van der Waals surface area contributed by atoms with E-state index in [-0.39, 0.29) is 5.97 Å². The molecule has 1 aliphatic rings. The summed E-state index contributed by atoms with van der Waals surface area (Å²) >= 11 is 1.63. The molecule has 5 heteroatoms. The topological polar surface area (TPSA) is 51.2 Å². The summed E-state index contributed by atoms with van der Waals surface area (Å²) in [7, 11) is 1.36. The molecule has 0 saturated carbocycles. The molecule has 1 aromatic heterocycles. The van der Waals surface area contributed by atoms with Gasteiger partial charge in [-0.25, -0.2) is 9.78 Å². The van der Waals surface area contributed by atoms with Crippen molar-refractivity contribution in [2.75, 3.05) is 18.3 Å². The van der Waals surface area contributed by atoms with Crippen molar-refractivity contribution in [3.63, 3.8) is 0 Å². The molecule has 0 bridgehead atoms. The lowest BCUT2D eigenvalue weighted by Crippen LogP contribution is -2.02. The Labute approximate surface area is 79.7 Å². The molecule has 1 aromatic rings. The van der Waals surface area contributed by atoms with E-state index >= 15 is 0 Å². The second-order valence-electron chi connectivity index (χ2n) is 2.53. The van der Waals surface area contributed by atoms with Crippen LogP contribution in [-0.2, 0) is 4.74 Å². The normalized spacial score (nSPS) is 13.3. The number of thioether (sulfide) groups is 1. The zero-order valence-corrected chi connectivity index (χ0v) is 7.85. The van der Waals surface area contributed by atoms with Crippen LogP contribution in [0.25, 0.3) is 0 Å². The SMILES string of the molecule is COC(=O)c1cnc2c(c1)SCN2. The van der Waals surface area contributed by atoms with Crippen LogP contribution in [0.3, 0.4) is 0 Å². The van der Waals surface area contributed by atoms with Crippen LogP contribution in [0.4, 0.5) is 5.82 Å². The predicted octanol–water partition coefficient (Wildman–Crippen LogP) is 1.34. The van der Waals surface area contributed by atoms with Crippen molar-refractivity contribution in [3.8, 4) is 0 Å². The van der Waals surface area contributed by atoms with Crippen LogP contribution in [-0.4, -0.2) is 23.9 Å². The fraction of sp³-hybridized carbons (Fsp3) is 0.250. The molecule has 0 unspecified atom stereocenters. The van der Waals surface area contributed by atoms with Crippen molar-refractivity contribution < 1.29 is 9.53 Å². The lowest BCUT2D eigenvalue weighted by Gasteiger charge is -2.00. The van der Waals surface area contributed by atoms with Gasteiger partial charge in [0.15, 0.2) is 0 Å². The quantitative estimate of drug-likeness (QED) is 0.687. The van der Waals surface area contributed by atoms with Crippen molar-refractivity contribution in [2.45, 2.75) is 4.90 Å². The number of pyridine rings is 1. The lowest BCUT2D eigenvalue weighted by molar-refractivity contribution is 0.0600. The summed E-state index contributed by atoms with van der Waals surface area (Å²) in [5, 5.41) is 3.08. The number of methoxy groups -OCH3 is 1. The number of ether oxygens (including phenoxy) is 1. The number of carbonyl (C=O) groups excluding carboxylic acids is 1. The predicted molar refractivity (Wildman–Crippen MR) is 49.9 cm³/mol. The Kier molecular flexibility index (Phi) is 2.10. The van der Waals surface area contributed by atoms with Gasteiger partial charge in [-0.15, -0.1) is 11.8 Å². The summed E-state index contributed by atoms with van der Waals surface area (Å²) < 4.78 is 4.59. The van der Waals surface area contributed by atoms with E-state index in [2.05, 4.69) is 15.0 Å². The number of aromatic nitrogens is 1. The maximum Gasteiger partial charge on any atom is 0.339 e. The summed E-state index contributed by atoms with van der Waals surface area (Å²) in [4.78, 5) is 16.2. The van der Waals surface area contributed by atoms with Crippen LogP contribution in [0, 0.1) is 0 Å². The second-order valence-corrected chi connectivity index (χ2v) is 3.54. The number of carbonyl (C=O) groups is 1. The van der Waals surface area contributed by atoms with E-state index in [1.165, 1.54) is 13.3 Å². The maximum atomic E-state index is 11.1. The molecule has 0 saturated heterocycles. The van der Waals surface area contributed by atoms with E-state index in [1.807, 2.05) is 0 Å². The van der Waals surface area contributed by atoms with Gasteiger partial charge in [0.05, 0.1) is 23.4 Å². The molecule has 0 spiro atoms. The van der Waals surface area contributed by atoms with Crippen molar-refractivity contribution in [2.24, 2.45) is 0 Å². The van der Waals surface area contributed by atoms with E-state index in [1.54, 1.807) is 17.8 Å². The molecule has 1 N–H and O–H groups in total. The molecular weight excluding hydrogens is 188 g/mol. The molecule has 0 fully saturated rings. The van der Waals surface area contributed by atoms with Crippen molar-refractivity contribution in [1.82, 2.24) is 4.98 Å². The highest BCUT2D eigenvalue weighted by atomic mass is 32.2. The number of nitrogens with one attached hydrogen (secondary N) is 1. The Hall–Kier alpha value is -1.23. The lowest BCUT2D eigenvalue weighted by atomic mass is 10.3. The molecule has 2 rings (SSSR count). The van der Waals surface area contributed by atoms with E-state index < -0.39 is 0 Å². The van der Waals surface area contributed by atoms with Gasteiger partial charge in [-0.1, -0.05) is 0 Å². The number of hydrogen-bond donors (Lipinski definition) is 1. The van der Waals surface area contributed by atoms with E-state index in [4.69, 9.17) is 0 Å². The zero-order valence-electron chi connectivity index (χ0n) is 7.03. The average molecular weight is 196 g/mol. The minimum Gasteiger partial charge on any atom is -0.465 e. The molecule has 0 aliphatic carbocycles. The molecule has 2 heterocycles. The third kappa shape index (κ3) is 1.47. The third-order valence-corrected chi connectivity index (χ3v) is 2.65. The average Bonchev–Trinajstić information content (AvgIpc) is 2.63. The standard InChI is InChI=1S/C8H8N2O2S/c1-12-8(11)5-2-6-7(9-3-5)10-4-13-6/h2-3H,4H2,1H3,(H,9,10). The van der Waals surface area contributed by atoms with Gasteiger partial charge in [-0.05, 0) is 6.07 Å². The molecule has 0 amide bonds. The number of anilines is 1. The maximum absolute atomic E-state index is 11.1. The van der Waals surface area contributed by atoms with E-state index in [0.29, 0.717) is 5.56 Å². The summed E-state index contributed by atoms with van der Waals surface area (Å²) in [5.41, 5.74) is 0.498. The third-order valence-electron chi connectivity index (χ3n) is 1.74. The number of nitrogens with zero attached hydrogens (tertiary/aromatic N) is 1. The van der Waals surface area contributed by atoms with Crippen molar-refractivity contribution in [3.05, 3.63) is 17.8 Å². The molecule has 0 aromatic carbocycles. The Balaban J connectivity index is 2.36. The molecule has 0 atom stereocenters. The molecule has 1 aliphatic heterocycles. The minimum absolute atomic E-state index is 0.345. The first-order valence-corrected chi connectivity index (χ1v) is 4.75. The first kappa shape index (κ1) is 8.37. The van der Waals surface area contributed by atoms with Gasteiger partial charge in [-0.2, -0.15) is 0 Å². The van der Waals surface area contributed by atoms with Crippen molar-refractivity contribution in [1.29, 1.82) is 0 Å². The Morgan fingerprint density at radius 2 is 2.62 bits per heavy atom. The van der Waals surface area contributed by atoms with Crippen LogP contribution in [0.1, 0.15) is 10.4 Å². The monoisotopic (exact) mass is 196 g/mol. The molecule has 0 radical (unpaired) electrons. The Morgan fingerprint density at radius 3 is 3.38 bits per heavy atom. The fourth-order valence-corrected chi connectivity index (χ4v) is 1.94. The number of esters is 1. The first-order chi connectivity index (χ1) is 6.31. The zero-order chi connectivity index (χ0) is 9.26. The highest BCUT2D eigenvalue weighted by molar-refractivity contribution is 7.99. The van der Waals surface area contributed by atoms with Crippen LogP contribution in [0.15, 0.2) is 17.2 Å². The van der Waals surface area contributed by atoms with Gasteiger partial charge in [-0.3, -0.25) is 0 Å². The van der Waals surface area contributed by atoms with Gasteiger partial charge in [0.25, 0.3) is 0 Å². The van der Waals surface area contributed by atoms with Gasteiger partial charge < -0.3 is 10.1 Å². The minimum atomic E-state index is -0.345. The largest absolute Gasteiger partial charge is 0.465 e. The van der Waals surface area contributed by atoms with Crippen LogP contribution < -0.4 is 5.32 Å².